The molecule has 106 valence electrons. The number of methoxy groups -OCH3 is 2. The van der Waals surface area contributed by atoms with Crippen molar-refractivity contribution in [3.63, 3.8) is 0 Å². The highest BCUT2D eigenvalue weighted by Crippen LogP contribution is 2.33. The van der Waals surface area contributed by atoms with Gasteiger partial charge >= 0.3 is 0 Å². The van der Waals surface area contributed by atoms with E-state index in [2.05, 4.69) is 17.9 Å². The molecule has 1 aliphatic carbocycles. The Labute approximate surface area is 116 Å². The lowest BCUT2D eigenvalue weighted by atomic mass is 10.1. The van der Waals surface area contributed by atoms with Gasteiger partial charge in [0.1, 0.15) is 0 Å². The van der Waals surface area contributed by atoms with Gasteiger partial charge in [0, 0.05) is 18.7 Å². The summed E-state index contributed by atoms with van der Waals surface area (Å²) in [7, 11) is 3.40. The van der Waals surface area contributed by atoms with Crippen molar-refractivity contribution in [2.24, 2.45) is 5.92 Å². The largest absolute Gasteiger partial charge is 0.493 e. The van der Waals surface area contributed by atoms with E-state index >= 15 is 0 Å². The van der Waals surface area contributed by atoms with Gasteiger partial charge in [0.05, 0.1) is 14.2 Å². The van der Waals surface area contributed by atoms with Gasteiger partial charge in [-0.15, -0.1) is 0 Å². The molecule has 0 aromatic heterocycles. The molecule has 3 heteroatoms. The zero-order chi connectivity index (χ0) is 13.7. The third-order valence-electron chi connectivity index (χ3n) is 3.63. The van der Waals surface area contributed by atoms with Crippen LogP contribution in [0.2, 0.25) is 0 Å². The molecule has 1 fully saturated rings. The summed E-state index contributed by atoms with van der Waals surface area (Å²) in [6, 6.07) is 6.13. The minimum absolute atomic E-state index is 0.822. The summed E-state index contributed by atoms with van der Waals surface area (Å²) in [5.74, 6) is 2.62. The first-order valence-corrected chi connectivity index (χ1v) is 7.20. The predicted molar refractivity (Wildman–Crippen MR) is 77.8 cm³/mol. The van der Waals surface area contributed by atoms with Crippen LogP contribution in [0.4, 0.5) is 0 Å². The summed E-state index contributed by atoms with van der Waals surface area (Å²) in [6.45, 7) is 5.55. The van der Waals surface area contributed by atoms with E-state index in [4.69, 9.17) is 9.47 Å². The van der Waals surface area contributed by atoms with Gasteiger partial charge in [-0.25, -0.2) is 0 Å². The summed E-state index contributed by atoms with van der Waals surface area (Å²) in [4.78, 5) is 2.54. The predicted octanol–water partition coefficient (Wildman–Crippen LogP) is 3.33. The minimum atomic E-state index is 0.822. The van der Waals surface area contributed by atoms with E-state index < -0.39 is 0 Å². The van der Waals surface area contributed by atoms with Gasteiger partial charge in [-0.1, -0.05) is 19.1 Å². The van der Waals surface area contributed by atoms with E-state index in [-0.39, 0.29) is 0 Å². The third kappa shape index (κ3) is 3.87. The molecule has 1 aromatic rings. The van der Waals surface area contributed by atoms with Crippen molar-refractivity contribution in [3.05, 3.63) is 23.8 Å². The van der Waals surface area contributed by atoms with E-state index in [0.29, 0.717) is 0 Å². The monoisotopic (exact) mass is 263 g/mol. The Morgan fingerprint density at radius 1 is 1.21 bits per heavy atom. The van der Waals surface area contributed by atoms with Crippen molar-refractivity contribution >= 4 is 0 Å². The molecule has 1 aliphatic rings. The quantitative estimate of drug-likeness (QED) is 0.718. The number of hydrogen-bond acceptors (Lipinski definition) is 3. The second kappa shape index (κ2) is 6.80. The van der Waals surface area contributed by atoms with E-state index in [0.717, 1.165) is 30.5 Å². The summed E-state index contributed by atoms with van der Waals surface area (Å²) >= 11 is 0. The van der Waals surface area contributed by atoms with Crippen molar-refractivity contribution < 1.29 is 9.47 Å². The minimum Gasteiger partial charge on any atom is -0.493 e. The zero-order valence-corrected chi connectivity index (χ0v) is 12.3. The fourth-order valence-electron chi connectivity index (χ4n) is 2.54. The maximum Gasteiger partial charge on any atom is 0.165 e. The first kappa shape index (κ1) is 14.2. The van der Waals surface area contributed by atoms with Gasteiger partial charge in [-0.05, 0) is 37.8 Å². The molecule has 1 saturated carbocycles. The maximum absolute atomic E-state index is 5.52. The van der Waals surface area contributed by atoms with Crippen molar-refractivity contribution in [2.75, 3.05) is 27.3 Å². The van der Waals surface area contributed by atoms with Crippen molar-refractivity contribution in [3.8, 4) is 11.5 Å². The molecular weight excluding hydrogens is 238 g/mol. The normalized spacial score (nSPS) is 14.7. The molecule has 0 unspecified atom stereocenters. The Morgan fingerprint density at radius 2 is 2.00 bits per heavy atom. The molecular formula is C16H25NO2. The van der Waals surface area contributed by atoms with Gasteiger partial charge in [-0.3, -0.25) is 4.90 Å². The Balaban J connectivity index is 2.10. The topological polar surface area (TPSA) is 21.7 Å². The summed E-state index contributed by atoms with van der Waals surface area (Å²) in [5.41, 5.74) is 1.22. The van der Waals surface area contributed by atoms with Crippen LogP contribution < -0.4 is 9.47 Å². The molecule has 2 rings (SSSR count). The smallest absolute Gasteiger partial charge is 0.165 e. The average molecular weight is 263 g/mol. The molecule has 0 saturated heterocycles. The van der Waals surface area contributed by atoms with Gasteiger partial charge in [0.15, 0.2) is 11.5 Å². The van der Waals surface area contributed by atoms with Crippen molar-refractivity contribution in [1.82, 2.24) is 4.90 Å². The molecule has 0 spiro atoms. The highest BCUT2D eigenvalue weighted by molar-refractivity contribution is 5.46. The Morgan fingerprint density at radius 3 is 2.58 bits per heavy atom. The fraction of sp³-hybridized carbons (Fsp3) is 0.625. The summed E-state index contributed by atoms with van der Waals surface area (Å²) < 4.78 is 10.9. The van der Waals surface area contributed by atoms with Crippen LogP contribution in [-0.4, -0.2) is 32.2 Å². The van der Waals surface area contributed by atoms with Crippen LogP contribution in [0.25, 0.3) is 0 Å². The maximum atomic E-state index is 5.52. The first-order chi connectivity index (χ1) is 9.28. The number of nitrogens with zero attached hydrogens (tertiary/aromatic N) is 1. The fourth-order valence-corrected chi connectivity index (χ4v) is 2.54. The van der Waals surface area contributed by atoms with Gasteiger partial charge in [0.25, 0.3) is 0 Å². The molecule has 0 bridgehead atoms. The van der Waals surface area contributed by atoms with E-state index in [1.54, 1.807) is 14.2 Å². The van der Waals surface area contributed by atoms with Crippen LogP contribution in [-0.2, 0) is 6.54 Å². The molecule has 0 aliphatic heterocycles. The molecule has 19 heavy (non-hydrogen) atoms. The molecule has 0 N–H and O–H groups in total. The molecule has 0 amide bonds. The van der Waals surface area contributed by atoms with Gasteiger partial charge < -0.3 is 9.47 Å². The van der Waals surface area contributed by atoms with Crippen LogP contribution in [0.5, 0.6) is 11.5 Å². The van der Waals surface area contributed by atoms with Crippen LogP contribution in [0, 0.1) is 5.92 Å². The van der Waals surface area contributed by atoms with Crippen LogP contribution in [0.15, 0.2) is 18.2 Å². The highest BCUT2D eigenvalue weighted by atomic mass is 16.5. The van der Waals surface area contributed by atoms with Crippen molar-refractivity contribution in [2.45, 2.75) is 32.7 Å². The average Bonchev–Trinajstić information content (AvgIpc) is 3.22. The Hall–Kier alpha value is -1.22. The van der Waals surface area contributed by atoms with Crippen LogP contribution in [0.3, 0.4) is 0 Å². The molecule has 3 nitrogen and oxygen atoms in total. The lowest BCUT2D eigenvalue weighted by molar-refractivity contribution is 0.249. The SMILES string of the molecule is CCCN(Cc1cccc(OC)c1OC)CC1CC1. The first-order valence-electron chi connectivity index (χ1n) is 7.20. The second-order valence-electron chi connectivity index (χ2n) is 5.33. The molecule has 0 radical (unpaired) electrons. The standard InChI is InChI=1S/C16H25NO2/c1-4-10-17(11-13-8-9-13)12-14-6-5-7-15(18-2)16(14)19-3/h5-7,13H,4,8-12H2,1-3H3. The summed E-state index contributed by atoms with van der Waals surface area (Å²) in [5, 5.41) is 0. The third-order valence-corrected chi connectivity index (χ3v) is 3.63. The van der Waals surface area contributed by atoms with E-state index in [1.807, 2.05) is 12.1 Å². The number of ether oxygens (including phenoxy) is 2. The van der Waals surface area contributed by atoms with E-state index in [1.165, 1.54) is 31.4 Å². The Bertz CT molecular complexity index is 402. The summed E-state index contributed by atoms with van der Waals surface area (Å²) in [6.07, 6.45) is 3.99. The second-order valence-corrected chi connectivity index (χ2v) is 5.33. The van der Waals surface area contributed by atoms with Gasteiger partial charge in [0.2, 0.25) is 0 Å². The lowest BCUT2D eigenvalue weighted by Gasteiger charge is -2.23. The van der Waals surface area contributed by atoms with Crippen molar-refractivity contribution in [1.29, 1.82) is 0 Å². The number of hydrogen-bond donors (Lipinski definition) is 0. The number of rotatable bonds is 8. The van der Waals surface area contributed by atoms with E-state index in [9.17, 15) is 0 Å². The zero-order valence-electron chi connectivity index (χ0n) is 12.3. The lowest BCUT2D eigenvalue weighted by Crippen LogP contribution is -2.26. The molecule has 0 heterocycles. The van der Waals surface area contributed by atoms with Crippen LogP contribution >= 0.6 is 0 Å². The highest BCUT2D eigenvalue weighted by Gasteiger charge is 2.24. The molecule has 1 aromatic carbocycles. The number of para-hydroxylation sites is 1. The number of benzene rings is 1. The van der Waals surface area contributed by atoms with Gasteiger partial charge in [-0.2, -0.15) is 0 Å². The molecule has 0 atom stereocenters. The van der Waals surface area contributed by atoms with Crippen LogP contribution in [0.1, 0.15) is 31.7 Å². The Kier molecular flexibility index (Phi) is 5.08.